The second-order valence-corrected chi connectivity index (χ2v) is 7.55. The summed E-state index contributed by atoms with van der Waals surface area (Å²) in [5, 5.41) is 1.58. The van der Waals surface area contributed by atoms with E-state index in [1.165, 1.54) is 4.57 Å². The third kappa shape index (κ3) is 3.18. The molecule has 0 saturated carbocycles. The first-order valence-electron chi connectivity index (χ1n) is 9.94. The minimum Gasteiger partial charge on any atom is -0.368 e. The molecule has 30 heavy (non-hydrogen) atoms. The summed E-state index contributed by atoms with van der Waals surface area (Å²) in [6.07, 6.45) is 3.30. The molecule has 0 aliphatic carbocycles. The Kier molecular flexibility index (Phi) is 4.43. The van der Waals surface area contributed by atoms with Crippen LogP contribution in [0.2, 0.25) is 0 Å². The molecule has 1 amide bonds. The molecule has 4 aromatic rings. The third-order valence-electron chi connectivity index (χ3n) is 5.68. The van der Waals surface area contributed by atoms with Gasteiger partial charge in [0.15, 0.2) is 0 Å². The van der Waals surface area contributed by atoms with E-state index in [-0.39, 0.29) is 11.5 Å². The Labute approximate surface area is 173 Å². The van der Waals surface area contributed by atoms with Gasteiger partial charge in [0.25, 0.3) is 11.5 Å². The number of amides is 1. The molecule has 0 radical (unpaired) electrons. The summed E-state index contributed by atoms with van der Waals surface area (Å²) in [7, 11) is 1.70. The molecule has 2 aromatic heterocycles. The number of aromatic nitrogens is 3. The summed E-state index contributed by atoms with van der Waals surface area (Å²) < 4.78 is 1.48. The Bertz CT molecular complexity index is 1320. The molecule has 150 valence electrons. The number of aryl methyl sites for hydroxylation is 1. The second-order valence-electron chi connectivity index (χ2n) is 7.55. The minimum atomic E-state index is -0.0486. The van der Waals surface area contributed by atoms with Crippen molar-refractivity contribution in [2.75, 3.05) is 31.1 Å². The smallest absolute Gasteiger partial charge is 0.260 e. The summed E-state index contributed by atoms with van der Waals surface area (Å²) >= 11 is 0. The molecule has 3 heterocycles. The minimum absolute atomic E-state index is 0.0454. The number of piperazine rings is 1. The van der Waals surface area contributed by atoms with Crippen LogP contribution in [0.3, 0.4) is 0 Å². The quantitative estimate of drug-likeness (QED) is 0.518. The van der Waals surface area contributed by atoms with Crippen LogP contribution in [0, 0.1) is 0 Å². The number of carbonyl (C=O) groups excluding carboxylic acids is 1. The largest absolute Gasteiger partial charge is 0.368 e. The second kappa shape index (κ2) is 7.26. The molecule has 1 aliphatic heterocycles. The van der Waals surface area contributed by atoms with Gasteiger partial charge in [-0.15, -0.1) is 0 Å². The zero-order chi connectivity index (χ0) is 20.7. The number of pyridine rings is 1. The average Bonchev–Trinajstić information content (AvgIpc) is 2.80. The standard InChI is InChI=1S/C23H21N5O2/c1-26-15-25-21-14-18(5-6-19(21)23(26)30)27-9-11-28(12-10-27)22(29)17-4-7-20-16(13-17)3-2-8-24-20/h2-8,13-15H,9-12H2,1H3. The fourth-order valence-electron chi connectivity index (χ4n) is 3.95. The first kappa shape index (κ1) is 18.3. The van der Waals surface area contributed by atoms with Crippen molar-refractivity contribution in [2.24, 2.45) is 7.05 Å². The van der Waals surface area contributed by atoms with Gasteiger partial charge in [-0.1, -0.05) is 6.07 Å². The van der Waals surface area contributed by atoms with E-state index in [0.29, 0.717) is 29.6 Å². The van der Waals surface area contributed by atoms with Gasteiger partial charge in [0, 0.05) is 56.1 Å². The van der Waals surface area contributed by atoms with E-state index in [2.05, 4.69) is 14.9 Å². The van der Waals surface area contributed by atoms with Crippen LogP contribution < -0.4 is 10.5 Å². The fourth-order valence-corrected chi connectivity index (χ4v) is 3.95. The molecule has 0 unspecified atom stereocenters. The lowest BCUT2D eigenvalue weighted by Gasteiger charge is -2.36. The Morgan fingerprint density at radius 1 is 0.933 bits per heavy atom. The van der Waals surface area contributed by atoms with Gasteiger partial charge in [0.05, 0.1) is 22.7 Å². The highest BCUT2D eigenvalue weighted by molar-refractivity contribution is 5.98. The highest BCUT2D eigenvalue weighted by Gasteiger charge is 2.23. The normalized spacial score (nSPS) is 14.4. The highest BCUT2D eigenvalue weighted by atomic mass is 16.2. The van der Waals surface area contributed by atoms with Crippen molar-refractivity contribution in [2.45, 2.75) is 0 Å². The fraction of sp³-hybridized carbons (Fsp3) is 0.217. The highest BCUT2D eigenvalue weighted by Crippen LogP contribution is 2.21. The molecule has 0 bridgehead atoms. The number of fused-ring (bicyclic) bond motifs is 2. The van der Waals surface area contributed by atoms with Gasteiger partial charge in [0.1, 0.15) is 0 Å². The van der Waals surface area contributed by atoms with E-state index < -0.39 is 0 Å². The van der Waals surface area contributed by atoms with Crippen LogP contribution >= 0.6 is 0 Å². The number of hydrogen-bond donors (Lipinski definition) is 0. The van der Waals surface area contributed by atoms with Gasteiger partial charge in [0.2, 0.25) is 0 Å². The lowest BCUT2D eigenvalue weighted by molar-refractivity contribution is 0.0747. The van der Waals surface area contributed by atoms with Gasteiger partial charge in [-0.25, -0.2) is 4.98 Å². The zero-order valence-electron chi connectivity index (χ0n) is 16.7. The molecule has 1 saturated heterocycles. The van der Waals surface area contributed by atoms with Crippen LogP contribution in [0.25, 0.3) is 21.8 Å². The van der Waals surface area contributed by atoms with Crippen molar-refractivity contribution in [1.82, 2.24) is 19.4 Å². The van der Waals surface area contributed by atoms with E-state index >= 15 is 0 Å². The molecular weight excluding hydrogens is 378 g/mol. The molecule has 2 aromatic carbocycles. The van der Waals surface area contributed by atoms with Crippen LogP contribution in [-0.2, 0) is 7.05 Å². The first-order valence-corrected chi connectivity index (χ1v) is 9.94. The predicted octanol–water partition coefficient (Wildman–Crippen LogP) is 2.44. The topological polar surface area (TPSA) is 71.3 Å². The summed E-state index contributed by atoms with van der Waals surface area (Å²) in [4.78, 5) is 38.0. The van der Waals surface area contributed by atoms with Crippen LogP contribution in [0.5, 0.6) is 0 Å². The van der Waals surface area contributed by atoms with Crippen LogP contribution in [0.15, 0.2) is 65.8 Å². The van der Waals surface area contributed by atoms with Crippen molar-refractivity contribution in [3.8, 4) is 0 Å². The van der Waals surface area contributed by atoms with Crippen molar-refractivity contribution in [3.05, 3.63) is 77.0 Å². The zero-order valence-corrected chi connectivity index (χ0v) is 16.7. The predicted molar refractivity (Wildman–Crippen MR) is 117 cm³/mol. The maximum absolute atomic E-state index is 13.0. The first-order chi connectivity index (χ1) is 14.6. The van der Waals surface area contributed by atoms with Gasteiger partial charge < -0.3 is 14.4 Å². The molecule has 7 nitrogen and oxygen atoms in total. The summed E-state index contributed by atoms with van der Waals surface area (Å²) in [6.45, 7) is 2.76. The molecule has 1 fully saturated rings. The van der Waals surface area contributed by atoms with Crippen molar-refractivity contribution in [1.29, 1.82) is 0 Å². The lowest BCUT2D eigenvalue weighted by atomic mass is 10.1. The van der Waals surface area contributed by atoms with E-state index in [1.54, 1.807) is 19.6 Å². The molecular formula is C23H21N5O2. The van der Waals surface area contributed by atoms with Crippen molar-refractivity contribution >= 4 is 33.4 Å². The van der Waals surface area contributed by atoms with E-state index in [4.69, 9.17) is 0 Å². The molecule has 7 heteroatoms. The van der Waals surface area contributed by atoms with Gasteiger partial charge in [-0.2, -0.15) is 0 Å². The molecule has 0 atom stereocenters. The van der Waals surface area contributed by atoms with Gasteiger partial charge in [-0.3, -0.25) is 14.6 Å². The van der Waals surface area contributed by atoms with Gasteiger partial charge in [-0.05, 0) is 42.5 Å². The van der Waals surface area contributed by atoms with E-state index in [0.717, 1.165) is 29.7 Å². The molecule has 1 aliphatic rings. The summed E-state index contributed by atoms with van der Waals surface area (Å²) in [6, 6.07) is 15.2. The van der Waals surface area contributed by atoms with Crippen molar-refractivity contribution in [3.63, 3.8) is 0 Å². The van der Waals surface area contributed by atoms with Crippen LogP contribution in [-0.4, -0.2) is 51.5 Å². The molecule has 0 N–H and O–H groups in total. The number of nitrogens with zero attached hydrogens (tertiary/aromatic N) is 5. The molecule has 0 spiro atoms. The Hall–Kier alpha value is -3.74. The lowest BCUT2D eigenvalue weighted by Crippen LogP contribution is -2.48. The summed E-state index contributed by atoms with van der Waals surface area (Å²) in [5.74, 6) is 0.0454. The Morgan fingerprint density at radius 3 is 2.60 bits per heavy atom. The molecule has 5 rings (SSSR count). The number of rotatable bonds is 2. The van der Waals surface area contributed by atoms with Crippen LogP contribution in [0.1, 0.15) is 10.4 Å². The Balaban J connectivity index is 1.32. The maximum atomic E-state index is 13.0. The van der Waals surface area contributed by atoms with Crippen LogP contribution in [0.4, 0.5) is 5.69 Å². The number of carbonyl (C=O) groups is 1. The number of anilines is 1. The average molecular weight is 399 g/mol. The van der Waals surface area contributed by atoms with E-state index in [1.807, 2.05) is 53.4 Å². The third-order valence-corrected chi connectivity index (χ3v) is 5.68. The van der Waals surface area contributed by atoms with Crippen molar-refractivity contribution < 1.29 is 4.79 Å². The van der Waals surface area contributed by atoms with E-state index in [9.17, 15) is 9.59 Å². The summed E-state index contributed by atoms with van der Waals surface area (Å²) in [5.41, 5.74) is 3.24. The SMILES string of the molecule is Cn1cnc2cc(N3CCN(C(=O)c4ccc5ncccc5c4)CC3)ccc2c1=O. The number of benzene rings is 2. The Morgan fingerprint density at radius 2 is 1.77 bits per heavy atom. The maximum Gasteiger partial charge on any atom is 0.260 e. The monoisotopic (exact) mass is 399 g/mol. The van der Waals surface area contributed by atoms with Gasteiger partial charge >= 0.3 is 0 Å². The number of hydrogen-bond acceptors (Lipinski definition) is 5.